The van der Waals surface area contributed by atoms with Gasteiger partial charge in [0.05, 0.1) is 0 Å². The molecule has 0 saturated heterocycles. The lowest BCUT2D eigenvalue weighted by molar-refractivity contribution is 0.463. The van der Waals surface area contributed by atoms with Crippen molar-refractivity contribution in [1.82, 2.24) is 0 Å². The van der Waals surface area contributed by atoms with Gasteiger partial charge in [-0.2, -0.15) is 0 Å². The van der Waals surface area contributed by atoms with Crippen LogP contribution in [0.15, 0.2) is 6.07 Å². The molecule has 0 heterocycles. The minimum Gasteiger partial charge on any atom is -0.507 e. The van der Waals surface area contributed by atoms with Gasteiger partial charge in [-0.3, -0.25) is 0 Å². The van der Waals surface area contributed by atoms with Gasteiger partial charge in [-0.25, -0.2) is 0 Å². The van der Waals surface area contributed by atoms with Gasteiger partial charge in [-0.15, -0.1) is 0 Å². The van der Waals surface area contributed by atoms with E-state index in [1.807, 2.05) is 13.8 Å². The highest BCUT2D eigenvalue weighted by Gasteiger charge is 2.10. The van der Waals surface area contributed by atoms with Crippen molar-refractivity contribution in [3.63, 3.8) is 0 Å². The number of hydrogen-bond acceptors (Lipinski definition) is 2. The fraction of sp³-hybridized carbons (Fsp3) is 0.400. The van der Waals surface area contributed by atoms with Crippen LogP contribution in [-0.4, -0.2) is 11.7 Å². The summed E-state index contributed by atoms with van der Waals surface area (Å²) >= 11 is 5.97. The van der Waals surface area contributed by atoms with Crippen LogP contribution in [0.3, 0.4) is 0 Å². The Morgan fingerprint density at radius 3 is 2.62 bits per heavy atom. The average molecular weight is 200 g/mol. The van der Waals surface area contributed by atoms with E-state index in [9.17, 15) is 5.11 Å². The Bertz CT molecular complexity index is 297. The quantitative estimate of drug-likeness (QED) is 0.767. The van der Waals surface area contributed by atoms with Crippen molar-refractivity contribution in [2.75, 3.05) is 6.54 Å². The highest BCUT2D eigenvalue weighted by atomic mass is 35.5. The van der Waals surface area contributed by atoms with Crippen LogP contribution in [0.4, 0.5) is 0 Å². The molecule has 72 valence electrons. The first-order chi connectivity index (χ1) is 6.07. The Balaban J connectivity index is 3.28. The maximum Gasteiger partial charge on any atom is 0.122 e. The SMILES string of the molecule is Cc1cc(Cl)c(C)c(CCN)c1O. The van der Waals surface area contributed by atoms with Gasteiger partial charge in [-0.1, -0.05) is 11.6 Å². The zero-order valence-electron chi connectivity index (χ0n) is 7.89. The van der Waals surface area contributed by atoms with E-state index >= 15 is 0 Å². The average Bonchev–Trinajstić information content (AvgIpc) is 2.09. The summed E-state index contributed by atoms with van der Waals surface area (Å²) in [5.74, 6) is 0.326. The molecule has 3 N–H and O–H groups in total. The van der Waals surface area contributed by atoms with Crippen molar-refractivity contribution in [3.05, 3.63) is 27.8 Å². The zero-order valence-corrected chi connectivity index (χ0v) is 8.65. The van der Waals surface area contributed by atoms with Gasteiger partial charge in [0.2, 0.25) is 0 Å². The van der Waals surface area contributed by atoms with E-state index in [-0.39, 0.29) is 0 Å². The maximum atomic E-state index is 9.72. The second kappa shape index (κ2) is 3.99. The summed E-state index contributed by atoms with van der Waals surface area (Å²) in [7, 11) is 0. The fourth-order valence-corrected chi connectivity index (χ4v) is 1.65. The number of rotatable bonds is 2. The van der Waals surface area contributed by atoms with E-state index in [0.717, 1.165) is 16.7 Å². The molecule has 1 rings (SSSR count). The number of benzene rings is 1. The summed E-state index contributed by atoms with van der Waals surface area (Å²) in [6, 6.07) is 1.77. The zero-order chi connectivity index (χ0) is 10.0. The Kier molecular flexibility index (Phi) is 3.17. The van der Waals surface area contributed by atoms with Crippen LogP contribution in [0, 0.1) is 13.8 Å². The lowest BCUT2D eigenvalue weighted by Gasteiger charge is -2.11. The number of hydrogen-bond donors (Lipinski definition) is 2. The van der Waals surface area contributed by atoms with Crippen molar-refractivity contribution < 1.29 is 5.11 Å². The highest BCUT2D eigenvalue weighted by molar-refractivity contribution is 6.31. The molecule has 0 fully saturated rings. The van der Waals surface area contributed by atoms with Crippen LogP contribution < -0.4 is 5.73 Å². The molecule has 0 atom stereocenters. The standard InChI is InChI=1S/C10H14ClNO/c1-6-5-9(11)7(2)8(3-4-12)10(6)13/h5,13H,3-4,12H2,1-2H3. The molecule has 0 saturated carbocycles. The molecule has 0 amide bonds. The number of nitrogens with two attached hydrogens (primary N) is 1. The van der Waals surface area contributed by atoms with Gasteiger partial charge >= 0.3 is 0 Å². The van der Waals surface area contributed by atoms with E-state index < -0.39 is 0 Å². The molecule has 0 aliphatic heterocycles. The Hall–Kier alpha value is -0.730. The van der Waals surface area contributed by atoms with Gasteiger partial charge in [0.15, 0.2) is 0 Å². The van der Waals surface area contributed by atoms with E-state index in [4.69, 9.17) is 17.3 Å². The molecule has 3 heteroatoms. The largest absolute Gasteiger partial charge is 0.507 e. The highest BCUT2D eigenvalue weighted by Crippen LogP contribution is 2.31. The van der Waals surface area contributed by atoms with Gasteiger partial charge in [-0.05, 0) is 49.6 Å². The summed E-state index contributed by atoms with van der Waals surface area (Å²) in [6.07, 6.45) is 0.666. The van der Waals surface area contributed by atoms with Crippen LogP contribution in [0.1, 0.15) is 16.7 Å². The van der Waals surface area contributed by atoms with Crippen LogP contribution in [-0.2, 0) is 6.42 Å². The Labute approximate surface area is 83.3 Å². The molecular weight excluding hydrogens is 186 g/mol. The van der Waals surface area contributed by atoms with Crippen LogP contribution in [0.5, 0.6) is 5.75 Å². The molecule has 0 bridgehead atoms. The molecule has 1 aromatic carbocycles. The normalized spacial score (nSPS) is 10.5. The Morgan fingerprint density at radius 2 is 2.08 bits per heavy atom. The van der Waals surface area contributed by atoms with Crippen molar-refractivity contribution in [2.45, 2.75) is 20.3 Å². The van der Waals surface area contributed by atoms with Gasteiger partial charge < -0.3 is 10.8 Å². The first kappa shape index (κ1) is 10.4. The first-order valence-electron chi connectivity index (χ1n) is 4.25. The second-order valence-corrected chi connectivity index (χ2v) is 3.57. The number of phenols is 1. The lowest BCUT2D eigenvalue weighted by Crippen LogP contribution is -2.05. The molecular formula is C10H14ClNO. The molecule has 0 aromatic heterocycles. The van der Waals surface area contributed by atoms with E-state index in [1.165, 1.54) is 0 Å². The third-order valence-corrected chi connectivity index (χ3v) is 2.60. The summed E-state index contributed by atoms with van der Waals surface area (Å²) in [4.78, 5) is 0. The van der Waals surface area contributed by atoms with E-state index in [2.05, 4.69) is 0 Å². The van der Waals surface area contributed by atoms with Crippen molar-refractivity contribution >= 4 is 11.6 Å². The summed E-state index contributed by atoms with van der Waals surface area (Å²) in [5, 5.41) is 10.4. The smallest absolute Gasteiger partial charge is 0.122 e. The molecule has 0 radical (unpaired) electrons. The minimum absolute atomic E-state index is 0.326. The van der Waals surface area contributed by atoms with Crippen molar-refractivity contribution in [2.24, 2.45) is 5.73 Å². The van der Waals surface area contributed by atoms with Crippen LogP contribution in [0.25, 0.3) is 0 Å². The first-order valence-corrected chi connectivity index (χ1v) is 4.63. The van der Waals surface area contributed by atoms with Gasteiger partial charge in [0.1, 0.15) is 5.75 Å². The molecule has 0 spiro atoms. The third-order valence-electron chi connectivity index (χ3n) is 2.21. The van der Waals surface area contributed by atoms with Crippen molar-refractivity contribution in [1.29, 1.82) is 0 Å². The molecule has 13 heavy (non-hydrogen) atoms. The Morgan fingerprint density at radius 1 is 1.46 bits per heavy atom. The summed E-state index contributed by atoms with van der Waals surface area (Å²) in [5.41, 5.74) is 8.04. The predicted molar refractivity (Wildman–Crippen MR) is 55.3 cm³/mol. The fourth-order valence-electron chi connectivity index (χ4n) is 1.38. The molecule has 0 unspecified atom stereocenters. The second-order valence-electron chi connectivity index (χ2n) is 3.17. The van der Waals surface area contributed by atoms with Crippen LogP contribution >= 0.6 is 11.6 Å². The van der Waals surface area contributed by atoms with E-state index in [1.54, 1.807) is 6.07 Å². The van der Waals surface area contributed by atoms with Gasteiger partial charge in [0, 0.05) is 5.02 Å². The molecule has 1 aromatic rings. The number of phenolic OH excluding ortho intramolecular Hbond substituents is 1. The number of aromatic hydroxyl groups is 1. The summed E-state index contributed by atoms with van der Waals surface area (Å²) < 4.78 is 0. The lowest BCUT2D eigenvalue weighted by atomic mass is 10.0. The molecule has 0 aliphatic carbocycles. The molecule has 0 aliphatic rings. The van der Waals surface area contributed by atoms with Gasteiger partial charge in [0.25, 0.3) is 0 Å². The maximum absolute atomic E-state index is 9.72. The van der Waals surface area contributed by atoms with Crippen molar-refractivity contribution in [3.8, 4) is 5.75 Å². The summed E-state index contributed by atoms with van der Waals surface area (Å²) in [6.45, 7) is 4.25. The third kappa shape index (κ3) is 1.95. The van der Waals surface area contributed by atoms with E-state index in [0.29, 0.717) is 23.7 Å². The molecule has 2 nitrogen and oxygen atoms in total. The number of aryl methyl sites for hydroxylation is 1. The monoisotopic (exact) mass is 199 g/mol. The topological polar surface area (TPSA) is 46.2 Å². The number of halogens is 1. The predicted octanol–water partition coefficient (Wildman–Crippen LogP) is 2.16. The minimum atomic E-state index is 0.326. The van der Waals surface area contributed by atoms with Crippen LogP contribution in [0.2, 0.25) is 5.02 Å².